The van der Waals surface area contributed by atoms with E-state index in [1.54, 1.807) is 4.90 Å². The molecule has 0 aromatic rings. The summed E-state index contributed by atoms with van der Waals surface area (Å²) in [7, 11) is 0. The summed E-state index contributed by atoms with van der Waals surface area (Å²) in [6, 6.07) is 0. The van der Waals surface area contributed by atoms with Crippen LogP contribution in [0.4, 0.5) is 0 Å². The molecule has 1 aliphatic heterocycles. The topological polar surface area (TPSA) is 37.4 Å². The van der Waals surface area contributed by atoms with Gasteiger partial charge in [0.05, 0.1) is 0 Å². The van der Waals surface area contributed by atoms with Gasteiger partial charge >= 0.3 is 0 Å². The Hall–Kier alpha value is -0.860. The molecule has 13 heavy (non-hydrogen) atoms. The summed E-state index contributed by atoms with van der Waals surface area (Å²) in [5, 5.41) is 0. The number of hydrogen-bond donors (Lipinski definition) is 0. The molecule has 0 atom stereocenters. The zero-order chi connectivity index (χ0) is 9.84. The molecule has 1 rings (SSSR count). The second kappa shape index (κ2) is 4.40. The van der Waals surface area contributed by atoms with Gasteiger partial charge < -0.3 is 4.90 Å². The van der Waals surface area contributed by atoms with E-state index in [1.165, 1.54) is 0 Å². The van der Waals surface area contributed by atoms with Crippen molar-refractivity contribution in [3.05, 3.63) is 0 Å². The van der Waals surface area contributed by atoms with Crippen molar-refractivity contribution in [3.63, 3.8) is 0 Å². The standard InChI is InChI=1S/C10H17NO2/c1-8(2)7-9(12)10(13)11-5-3-4-6-11/h8H,3-7H2,1-2H3. The predicted octanol–water partition coefficient (Wildman–Crippen LogP) is 1.22. The highest BCUT2D eigenvalue weighted by atomic mass is 16.2. The molecule has 0 N–H and O–H groups in total. The molecule has 3 heteroatoms. The maximum atomic E-state index is 11.5. The predicted molar refractivity (Wildman–Crippen MR) is 50.3 cm³/mol. The highest BCUT2D eigenvalue weighted by molar-refractivity contribution is 6.36. The summed E-state index contributed by atoms with van der Waals surface area (Å²) in [5.74, 6) is -0.220. The van der Waals surface area contributed by atoms with Crippen molar-refractivity contribution in [1.82, 2.24) is 4.90 Å². The van der Waals surface area contributed by atoms with Crippen LogP contribution in [0, 0.1) is 5.92 Å². The molecule has 0 aromatic carbocycles. The number of carbonyl (C=O) groups is 2. The Kier molecular flexibility index (Phi) is 3.46. The van der Waals surface area contributed by atoms with Crippen molar-refractivity contribution >= 4 is 11.7 Å². The van der Waals surface area contributed by atoms with Gasteiger partial charge in [0.15, 0.2) is 0 Å². The van der Waals surface area contributed by atoms with E-state index in [9.17, 15) is 9.59 Å². The number of hydrogen-bond acceptors (Lipinski definition) is 2. The quantitative estimate of drug-likeness (QED) is 0.617. The van der Waals surface area contributed by atoms with E-state index in [0.29, 0.717) is 6.42 Å². The zero-order valence-electron chi connectivity index (χ0n) is 8.38. The lowest BCUT2D eigenvalue weighted by Crippen LogP contribution is -2.34. The summed E-state index contributed by atoms with van der Waals surface area (Å²) >= 11 is 0. The van der Waals surface area contributed by atoms with Crippen LogP contribution in [0.15, 0.2) is 0 Å². The summed E-state index contributed by atoms with van der Waals surface area (Å²) in [6.07, 6.45) is 2.47. The first-order chi connectivity index (χ1) is 6.11. The monoisotopic (exact) mass is 183 g/mol. The Bertz CT molecular complexity index is 205. The van der Waals surface area contributed by atoms with Crippen LogP contribution in [0.3, 0.4) is 0 Å². The zero-order valence-corrected chi connectivity index (χ0v) is 8.38. The Morgan fingerprint density at radius 2 is 1.77 bits per heavy atom. The molecule has 1 heterocycles. The van der Waals surface area contributed by atoms with Crippen LogP contribution in [-0.2, 0) is 9.59 Å². The van der Waals surface area contributed by atoms with Crippen molar-refractivity contribution in [3.8, 4) is 0 Å². The van der Waals surface area contributed by atoms with Gasteiger partial charge in [0.1, 0.15) is 0 Å². The Morgan fingerprint density at radius 1 is 1.23 bits per heavy atom. The summed E-state index contributed by atoms with van der Waals surface area (Å²) in [4.78, 5) is 24.5. The fraction of sp³-hybridized carbons (Fsp3) is 0.800. The minimum absolute atomic E-state index is 0.225. The number of rotatable bonds is 3. The first-order valence-electron chi connectivity index (χ1n) is 4.93. The Morgan fingerprint density at radius 3 is 2.23 bits per heavy atom. The largest absolute Gasteiger partial charge is 0.336 e. The smallest absolute Gasteiger partial charge is 0.289 e. The van der Waals surface area contributed by atoms with E-state index in [0.717, 1.165) is 25.9 Å². The Labute approximate surface area is 79.1 Å². The van der Waals surface area contributed by atoms with Gasteiger partial charge in [-0.15, -0.1) is 0 Å². The summed E-state index contributed by atoms with van der Waals surface area (Å²) in [6.45, 7) is 5.44. The molecule has 0 radical (unpaired) electrons. The lowest BCUT2D eigenvalue weighted by molar-refractivity contribution is -0.144. The first-order valence-corrected chi connectivity index (χ1v) is 4.93. The summed E-state index contributed by atoms with van der Waals surface area (Å²) in [5.41, 5.74) is 0. The molecular formula is C10H17NO2. The van der Waals surface area contributed by atoms with Crippen molar-refractivity contribution in [2.75, 3.05) is 13.1 Å². The van der Waals surface area contributed by atoms with Gasteiger partial charge in [-0.2, -0.15) is 0 Å². The molecule has 0 aliphatic carbocycles. The van der Waals surface area contributed by atoms with Gasteiger partial charge in [0, 0.05) is 19.5 Å². The SMILES string of the molecule is CC(C)CC(=O)C(=O)N1CCCC1. The Balaban J connectivity index is 2.41. The van der Waals surface area contributed by atoms with Crippen LogP contribution in [0.25, 0.3) is 0 Å². The third-order valence-corrected chi connectivity index (χ3v) is 2.23. The van der Waals surface area contributed by atoms with E-state index in [2.05, 4.69) is 0 Å². The minimum Gasteiger partial charge on any atom is -0.336 e. The van der Waals surface area contributed by atoms with Gasteiger partial charge in [0.25, 0.3) is 5.91 Å². The number of nitrogens with zero attached hydrogens (tertiary/aromatic N) is 1. The number of carbonyl (C=O) groups excluding carboxylic acids is 2. The van der Waals surface area contributed by atoms with Crippen LogP contribution < -0.4 is 0 Å². The number of ketones is 1. The third-order valence-electron chi connectivity index (χ3n) is 2.23. The molecule has 0 aromatic heterocycles. The van der Waals surface area contributed by atoms with E-state index < -0.39 is 0 Å². The lowest BCUT2D eigenvalue weighted by Gasteiger charge is -2.14. The van der Waals surface area contributed by atoms with E-state index in [1.807, 2.05) is 13.8 Å². The van der Waals surface area contributed by atoms with Crippen LogP contribution in [0.2, 0.25) is 0 Å². The van der Waals surface area contributed by atoms with Crippen LogP contribution >= 0.6 is 0 Å². The lowest BCUT2D eigenvalue weighted by atomic mass is 10.1. The van der Waals surface area contributed by atoms with Gasteiger partial charge in [-0.3, -0.25) is 9.59 Å². The molecule has 1 aliphatic rings. The van der Waals surface area contributed by atoms with Crippen LogP contribution in [0.5, 0.6) is 0 Å². The van der Waals surface area contributed by atoms with Crippen LogP contribution in [0.1, 0.15) is 33.1 Å². The van der Waals surface area contributed by atoms with Gasteiger partial charge in [-0.05, 0) is 18.8 Å². The normalized spacial score (nSPS) is 16.7. The van der Waals surface area contributed by atoms with Crippen LogP contribution in [-0.4, -0.2) is 29.7 Å². The van der Waals surface area contributed by atoms with Crippen molar-refractivity contribution in [2.24, 2.45) is 5.92 Å². The highest BCUT2D eigenvalue weighted by Gasteiger charge is 2.24. The van der Waals surface area contributed by atoms with E-state index >= 15 is 0 Å². The fourth-order valence-electron chi connectivity index (χ4n) is 1.55. The molecule has 0 spiro atoms. The first kappa shape index (κ1) is 10.2. The molecule has 1 fully saturated rings. The fourth-order valence-corrected chi connectivity index (χ4v) is 1.55. The average molecular weight is 183 g/mol. The molecule has 0 unspecified atom stereocenters. The second-order valence-corrected chi connectivity index (χ2v) is 4.02. The van der Waals surface area contributed by atoms with E-state index in [4.69, 9.17) is 0 Å². The maximum absolute atomic E-state index is 11.5. The van der Waals surface area contributed by atoms with Gasteiger partial charge in [-0.1, -0.05) is 13.8 Å². The molecule has 3 nitrogen and oxygen atoms in total. The van der Waals surface area contributed by atoms with Crippen molar-refractivity contribution < 1.29 is 9.59 Å². The molecule has 0 bridgehead atoms. The molecule has 74 valence electrons. The molecule has 1 amide bonds. The molecule has 1 saturated heterocycles. The number of likely N-dealkylation sites (tertiary alicyclic amines) is 1. The van der Waals surface area contributed by atoms with E-state index in [-0.39, 0.29) is 17.6 Å². The van der Waals surface area contributed by atoms with Crippen molar-refractivity contribution in [2.45, 2.75) is 33.1 Å². The number of Topliss-reactive ketones (excluding diaryl/α,β-unsaturated/α-hetero) is 1. The highest BCUT2D eigenvalue weighted by Crippen LogP contribution is 2.10. The maximum Gasteiger partial charge on any atom is 0.289 e. The molecular weight excluding hydrogens is 166 g/mol. The number of amides is 1. The van der Waals surface area contributed by atoms with Crippen molar-refractivity contribution in [1.29, 1.82) is 0 Å². The average Bonchev–Trinajstić information content (AvgIpc) is 2.53. The van der Waals surface area contributed by atoms with Gasteiger partial charge in [0.2, 0.25) is 5.78 Å². The third kappa shape index (κ3) is 2.83. The molecule has 0 saturated carbocycles. The minimum atomic E-state index is -0.272. The second-order valence-electron chi connectivity index (χ2n) is 4.02. The summed E-state index contributed by atoms with van der Waals surface area (Å²) < 4.78 is 0. The van der Waals surface area contributed by atoms with Gasteiger partial charge in [-0.25, -0.2) is 0 Å².